The first kappa shape index (κ1) is 19.4. The van der Waals surface area contributed by atoms with Crippen molar-refractivity contribution in [2.24, 2.45) is 0 Å². The Kier molecular flexibility index (Phi) is 7.55. The first-order valence-electron chi connectivity index (χ1n) is 8.58. The topological polar surface area (TPSA) is 56.8 Å². The number of methoxy groups -OCH3 is 1. The Morgan fingerprint density at radius 2 is 1.85 bits per heavy atom. The third-order valence-corrected chi connectivity index (χ3v) is 3.61. The van der Waals surface area contributed by atoms with Gasteiger partial charge in [0.2, 0.25) is 5.91 Å². The number of benzene rings is 2. The summed E-state index contributed by atoms with van der Waals surface area (Å²) in [6, 6.07) is 13.3. The molecule has 0 aliphatic heterocycles. The summed E-state index contributed by atoms with van der Waals surface area (Å²) in [6.45, 7) is 5.36. The van der Waals surface area contributed by atoms with Crippen LogP contribution in [0.15, 0.2) is 48.5 Å². The maximum absolute atomic E-state index is 11.9. The summed E-state index contributed by atoms with van der Waals surface area (Å²) in [7, 11) is 1.59. The van der Waals surface area contributed by atoms with Gasteiger partial charge in [0.1, 0.15) is 12.4 Å². The second-order valence-corrected chi connectivity index (χ2v) is 5.63. The number of amides is 1. The number of aryl methyl sites for hydroxylation is 1. The predicted octanol–water partition coefficient (Wildman–Crippen LogP) is 3.61. The summed E-state index contributed by atoms with van der Waals surface area (Å²) in [4.78, 5) is 11.9. The van der Waals surface area contributed by atoms with Gasteiger partial charge in [-0.15, -0.1) is 0 Å². The zero-order chi connectivity index (χ0) is 18.8. The first-order chi connectivity index (χ1) is 12.6. The number of nitrogens with one attached hydrogen (secondary N) is 1. The average molecular weight is 355 g/mol. The molecule has 0 saturated carbocycles. The van der Waals surface area contributed by atoms with Gasteiger partial charge in [0.15, 0.2) is 11.5 Å². The van der Waals surface area contributed by atoms with E-state index in [1.165, 1.54) is 11.6 Å². The van der Waals surface area contributed by atoms with Crippen LogP contribution in [0.25, 0.3) is 6.08 Å². The number of ether oxygens (including phenoxy) is 3. The van der Waals surface area contributed by atoms with Crippen molar-refractivity contribution in [1.82, 2.24) is 5.32 Å². The van der Waals surface area contributed by atoms with Crippen LogP contribution in [0.4, 0.5) is 0 Å². The van der Waals surface area contributed by atoms with E-state index in [4.69, 9.17) is 14.2 Å². The van der Waals surface area contributed by atoms with Gasteiger partial charge >= 0.3 is 0 Å². The van der Waals surface area contributed by atoms with Gasteiger partial charge in [0.25, 0.3) is 0 Å². The van der Waals surface area contributed by atoms with Crippen LogP contribution in [0.1, 0.15) is 18.1 Å². The van der Waals surface area contributed by atoms with Crippen molar-refractivity contribution < 1.29 is 19.0 Å². The van der Waals surface area contributed by atoms with E-state index in [2.05, 4.69) is 5.32 Å². The van der Waals surface area contributed by atoms with Gasteiger partial charge in [-0.1, -0.05) is 23.8 Å². The fraction of sp³-hybridized carbons (Fsp3) is 0.286. The summed E-state index contributed by atoms with van der Waals surface area (Å²) in [5.41, 5.74) is 2.04. The maximum Gasteiger partial charge on any atom is 0.244 e. The molecule has 0 heterocycles. The largest absolute Gasteiger partial charge is 0.493 e. The summed E-state index contributed by atoms with van der Waals surface area (Å²) >= 11 is 0. The Bertz CT molecular complexity index is 738. The lowest BCUT2D eigenvalue weighted by molar-refractivity contribution is -0.116. The highest BCUT2D eigenvalue weighted by molar-refractivity contribution is 5.91. The van der Waals surface area contributed by atoms with Crippen LogP contribution in [0.3, 0.4) is 0 Å². The van der Waals surface area contributed by atoms with Crippen molar-refractivity contribution in [3.8, 4) is 17.2 Å². The molecule has 26 heavy (non-hydrogen) atoms. The van der Waals surface area contributed by atoms with Gasteiger partial charge in [-0.05, 0) is 49.8 Å². The first-order valence-corrected chi connectivity index (χ1v) is 8.58. The third kappa shape index (κ3) is 6.16. The van der Waals surface area contributed by atoms with Crippen LogP contribution in [0.5, 0.6) is 17.2 Å². The molecule has 2 aromatic rings. The molecule has 0 fully saturated rings. The quantitative estimate of drug-likeness (QED) is 0.551. The molecule has 0 aliphatic rings. The molecule has 0 aliphatic carbocycles. The highest BCUT2D eigenvalue weighted by atomic mass is 16.5. The number of carbonyl (C=O) groups excluding carboxylic acids is 1. The zero-order valence-corrected chi connectivity index (χ0v) is 15.5. The SMILES string of the molecule is CCOc1ccc(/C=C/C(=O)NCCOc2ccc(C)cc2)cc1OC. The van der Waals surface area contributed by atoms with Crippen molar-refractivity contribution in [2.75, 3.05) is 26.9 Å². The number of hydrogen-bond donors (Lipinski definition) is 1. The summed E-state index contributed by atoms with van der Waals surface area (Å²) in [6.07, 6.45) is 3.22. The fourth-order valence-corrected chi connectivity index (χ4v) is 2.27. The number of rotatable bonds is 9. The maximum atomic E-state index is 11.9. The molecule has 2 aromatic carbocycles. The monoisotopic (exact) mass is 355 g/mol. The van der Waals surface area contributed by atoms with Gasteiger partial charge in [-0.2, -0.15) is 0 Å². The van der Waals surface area contributed by atoms with Crippen LogP contribution in [-0.4, -0.2) is 32.8 Å². The highest BCUT2D eigenvalue weighted by Gasteiger charge is 2.04. The van der Waals surface area contributed by atoms with Gasteiger partial charge in [0, 0.05) is 6.08 Å². The van der Waals surface area contributed by atoms with E-state index in [1.807, 2.05) is 56.3 Å². The Labute approximate surface area is 154 Å². The lowest BCUT2D eigenvalue weighted by Crippen LogP contribution is -2.26. The molecule has 0 bridgehead atoms. The molecular weight excluding hydrogens is 330 g/mol. The lowest BCUT2D eigenvalue weighted by atomic mass is 10.2. The molecule has 0 aromatic heterocycles. The molecule has 0 radical (unpaired) electrons. The molecule has 5 heteroatoms. The Morgan fingerprint density at radius 1 is 1.08 bits per heavy atom. The standard InChI is InChI=1S/C21H25NO4/c1-4-25-19-11-7-17(15-20(19)24-3)8-12-21(23)22-13-14-26-18-9-5-16(2)6-10-18/h5-12,15H,4,13-14H2,1-3H3,(H,22,23)/b12-8+. The van der Waals surface area contributed by atoms with Crippen molar-refractivity contribution in [3.05, 3.63) is 59.7 Å². The molecule has 0 atom stereocenters. The van der Waals surface area contributed by atoms with E-state index in [0.717, 1.165) is 11.3 Å². The average Bonchev–Trinajstić information content (AvgIpc) is 2.66. The summed E-state index contributed by atoms with van der Waals surface area (Å²) in [5, 5.41) is 2.79. The van der Waals surface area contributed by atoms with Gasteiger partial charge in [-0.25, -0.2) is 0 Å². The minimum Gasteiger partial charge on any atom is -0.493 e. The number of hydrogen-bond acceptors (Lipinski definition) is 4. The van der Waals surface area contributed by atoms with Gasteiger partial charge in [-0.3, -0.25) is 4.79 Å². The Balaban J connectivity index is 1.78. The summed E-state index contributed by atoms with van der Waals surface area (Å²) in [5.74, 6) is 1.94. The van der Waals surface area contributed by atoms with E-state index in [9.17, 15) is 4.79 Å². The number of carbonyl (C=O) groups is 1. The van der Waals surface area contributed by atoms with E-state index in [-0.39, 0.29) is 5.91 Å². The van der Waals surface area contributed by atoms with Crippen LogP contribution in [0, 0.1) is 6.92 Å². The van der Waals surface area contributed by atoms with Crippen LogP contribution >= 0.6 is 0 Å². The smallest absolute Gasteiger partial charge is 0.244 e. The molecule has 5 nitrogen and oxygen atoms in total. The molecular formula is C21H25NO4. The molecule has 0 unspecified atom stereocenters. The normalized spacial score (nSPS) is 10.6. The minimum atomic E-state index is -0.176. The van der Waals surface area contributed by atoms with Crippen LogP contribution in [-0.2, 0) is 4.79 Å². The predicted molar refractivity (Wildman–Crippen MR) is 103 cm³/mol. The summed E-state index contributed by atoms with van der Waals surface area (Å²) < 4.78 is 16.3. The van der Waals surface area contributed by atoms with Gasteiger partial charge < -0.3 is 19.5 Å². The molecule has 0 saturated heterocycles. The lowest BCUT2D eigenvalue weighted by Gasteiger charge is -2.09. The molecule has 2 rings (SSSR count). The van der Waals surface area contributed by atoms with E-state index in [0.29, 0.717) is 31.3 Å². The highest BCUT2D eigenvalue weighted by Crippen LogP contribution is 2.28. The zero-order valence-electron chi connectivity index (χ0n) is 15.5. The van der Waals surface area contributed by atoms with Crippen molar-refractivity contribution in [1.29, 1.82) is 0 Å². The van der Waals surface area contributed by atoms with E-state index in [1.54, 1.807) is 13.2 Å². The molecule has 1 N–H and O–H groups in total. The minimum absolute atomic E-state index is 0.176. The molecule has 138 valence electrons. The Morgan fingerprint density at radius 3 is 2.54 bits per heavy atom. The second-order valence-electron chi connectivity index (χ2n) is 5.63. The molecule has 1 amide bonds. The third-order valence-electron chi connectivity index (χ3n) is 3.61. The van der Waals surface area contributed by atoms with Crippen molar-refractivity contribution in [2.45, 2.75) is 13.8 Å². The van der Waals surface area contributed by atoms with E-state index >= 15 is 0 Å². The second kappa shape index (κ2) is 10.1. The van der Waals surface area contributed by atoms with Crippen molar-refractivity contribution in [3.63, 3.8) is 0 Å². The van der Waals surface area contributed by atoms with Crippen LogP contribution < -0.4 is 19.5 Å². The van der Waals surface area contributed by atoms with E-state index < -0.39 is 0 Å². The van der Waals surface area contributed by atoms with Gasteiger partial charge in [0.05, 0.1) is 20.3 Å². The fourth-order valence-electron chi connectivity index (χ4n) is 2.27. The van der Waals surface area contributed by atoms with Crippen LogP contribution in [0.2, 0.25) is 0 Å². The Hall–Kier alpha value is -2.95. The van der Waals surface area contributed by atoms with Crippen molar-refractivity contribution >= 4 is 12.0 Å². The molecule has 0 spiro atoms.